The van der Waals surface area contributed by atoms with Crippen molar-refractivity contribution in [3.63, 3.8) is 0 Å². The van der Waals surface area contributed by atoms with Crippen LogP contribution in [0, 0.1) is 11.3 Å². The van der Waals surface area contributed by atoms with Crippen LogP contribution < -0.4 is 5.32 Å². The number of aryl methyl sites for hydroxylation is 1. The Morgan fingerprint density at radius 2 is 1.94 bits per heavy atom. The number of piperidine rings is 3. The molecule has 0 radical (unpaired) electrons. The smallest absolute Gasteiger partial charge is 0.303 e. The summed E-state index contributed by atoms with van der Waals surface area (Å²) in [4.78, 5) is 26.0. The molecule has 7 heteroatoms. The van der Waals surface area contributed by atoms with Gasteiger partial charge in [0, 0.05) is 50.1 Å². The predicted molar refractivity (Wildman–Crippen MR) is 124 cm³/mol. The number of carboxylic acids is 1. The first-order chi connectivity index (χ1) is 15.2. The molecule has 1 aromatic rings. The molecule has 1 amide bonds. The van der Waals surface area contributed by atoms with Gasteiger partial charge in [0.15, 0.2) is 0 Å². The SMILES string of the molecule is Cn1nc(C2CCCCC2)cc1[C@H]1CN2CC[C@@H]1C[C@@H]2CNC(=O)CC(C)(C)CC(=O)O. The van der Waals surface area contributed by atoms with Gasteiger partial charge in [-0.2, -0.15) is 5.10 Å². The third kappa shape index (κ3) is 5.36. The maximum absolute atomic E-state index is 12.4. The molecule has 3 saturated heterocycles. The van der Waals surface area contributed by atoms with E-state index in [0.717, 1.165) is 19.5 Å². The normalized spacial score (nSPS) is 28.6. The number of amides is 1. The minimum atomic E-state index is -0.855. The average molecular weight is 445 g/mol. The Hall–Kier alpha value is -1.89. The number of carboxylic acid groups (broad SMARTS) is 1. The van der Waals surface area contributed by atoms with Crippen molar-refractivity contribution in [3.05, 3.63) is 17.5 Å². The third-order valence-corrected chi connectivity index (χ3v) is 8.02. The fourth-order valence-electron chi connectivity index (χ4n) is 6.34. The third-order valence-electron chi connectivity index (χ3n) is 8.02. The number of carbonyl (C=O) groups is 2. The van der Waals surface area contributed by atoms with E-state index in [-0.39, 0.29) is 18.7 Å². The first-order valence-electron chi connectivity index (χ1n) is 12.5. The molecule has 4 heterocycles. The number of hydrogen-bond donors (Lipinski definition) is 2. The number of carbonyl (C=O) groups excluding carboxylic acids is 1. The maximum Gasteiger partial charge on any atom is 0.303 e. The van der Waals surface area contributed by atoms with Gasteiger partial charge in [0.1, 0.15) is 0 Å². The number of aliphatic carboxylic acids is 1. The summed E-state index contributed by atoms with van der Waals surface area (Å²) in [7, 11) is 2.11. The number of rotatable bonds is 8. The minimum absolute atomic E-state index is 0.00722. The Morgan fingerprint density at radius 3 is 2.59 bits per heavy atom. The topological polar surface area (TPSA) is 87.5 Å². The zero-order valence-corrected chi connectivity index (χ0v) is 20.0. The lowest BCUT2D eigenvalue weighted by molar-refractivity contribution is -0.139. The quantitative estimate of drug-likeness (QED) is 0.639. The second kappa shape index (κ2) is 9.54. The van der Waals surface area contributed by atoms with Gasteiger partial charge in [-0.05, 0) is 49.6 Å². The first-order valence-corrected chi connectivity index (χ1v) is 12.5. The number of fused-ring (bicyclic) bond motifs is 3. The van der Waals surface area contributed by atoms with Gasteiger partial charge in [-0.3, -0.25) is 19.2 Å². The Morgan fingerprint density at radius 1 is 1.19 bits per heavy atom. The van der Waals surface area contributed by atoms with Crippen molar-refractivity contribution in [1.82, 2.24) is 20.0 Å². The summed E-state index contributed by atoms with van der Waals surface area (Å²) in [5, 5.41) is 17.1. The van der Waals surface area contributed by atoms with E-state index in [9.17, 15) is 9.59 Å². The molecule has 32 heavy (non-hydrogen) atoms. The van der Waals surface area contributed by atoms with E-state index in [4.69, 9.17) is 10.2 Å². The molecule has 4 fully saturated rings. The molecule has 1 unspecified atom stereocenters. The van der Waals surface area contributed by atoms with Crippen molar-refractivity contribution >= 4 is 11.9 Å². The van der Waals surface area contributed by atoms with Crippen molar-refractivity contribution in [2.24, 2.45) is 18.4 Å². The molecule has 0 spiro atoms. The monoisotopic (exact) mass is 444 g/mol. The maximum atomic E-state index is 12.4. The molecule has 3 aliphatic heterocycles. The molecule has 4 aliphatic rings. The summed E-state index contributed by atoms with van der Waals surface area (Å²) in [6.45, 7) is 6.47. The van der Waals surface area contributed by atoms with Crippen LogP contribution in [0.4, 0.5) is 0 Å². The van der Waals surface area contributed by atoms with Crippen molar-refractivity contribution in [2.75, 3.05) is 19.6 Å². The molecule has 0 aromatic carbocycles. The van der Waals surface area contributed by atoms with E-state index >= 15 is 0 Å². The molecular formula is C25H40N4O3. The summed E-state index contributed by atoms with van der Waals surface area (Å²) >= 11 is 0. The zero-order chi connectivity index (χ0) is 22.9. The Labute approximate surface area is 191 Å². The molecule has 1 aromatic heterocycles. The van der Waals surface area contributed by atoms with Crippen molar-refractivity contribution in [2.45, 2.75) is 89.5 Å². The van der Waals surface area contributed by atoms with Crippen LogP contribution in [0.5, 0.6) is 0 Å². The second-order valence-electron chi connectivity index (χ2n) is 11.2. The standard InChI is InChI=1S/C25H40N4O3/c1-25(2,14-24(31)32)13-23(30)26-15-19-11-18-9-10-29(19)16-20(18)22-12-21(27-28(22)3)17-7-5-4-6-8-17/h12,17-20H,4-11,13-16H2,1-3H3,(H,26,30)(H,31,32)/t18-,19-,20+/m1/s1. The van der Waals surface area contributed by atoms with Crippen LogP contribution in [0.15, 0.2) is 6.07 Å². The summed E-state index contributed by atoms with van der Waals surface area (Å²) in [5.41, 5.74) is 2.16. The van der Waals surface area contributed by atoms with Gasteiger partial charge >= 0.3 is 5.97 Å². The molecule has 178 valence electrons. The zero-order valence-electron chi connectivity index (χ0n) is 20.0. The molecule has 2 bridgehead atoms. The average Bonchev–Trinajstić information content (AvgIpc) is 3.13. The van der Waals surface area contributed by atoms with E-state index in [2.05, 4.69) is 28.0 Å². The summed E-state index contributed by atoms with van der Waals surface area (Å²) in [5.74, 6) is 0.906. The number of nitrogens with one attached hydrogen (secondary N) is 1. The van der Waals surface area contributed by atoms with E-state index in [1.807, 2.05) is 13.8 Å². The van der Waals surface area contributed by atoms with Crippen molar-refractivity contribution in [1.29, 1.82) is 0 Å². The van der Waals surface area contributed by atoms with Crippen LogP contribution in [-0.4, -0.2) is 57.3 Å². The van der Waals surface area contributed by atoms with Gasteiger partial charge in [0.2, 0.25) is 5.91 Å². The molecule has 5 rings (SSSR count). The highest BCUT2D eigenvalue weighted by atomic mass is 16.4. The van der Waals surface area contributed by atoms with Crippen LogP contribution in [0.25, 0.3) is 0 Å². The van der Waals surface area contributed by atoms with Crippen LogP contribution >= 0.6 is 0 Å². The van der Waals surface area contributed by atoms with E-state index < -0.39 is 11.4 Å². The Kier molecular flexibility index (Phi) is 6.94. The van der Waals surface area contributed by atoms with Crippen molar-refractivity contribution in [3.8, 4) is 0 Å². The van der Waals surface area contributed by atoms with Crippen LogP contribution in [0.2, 0.25) is 0 Å². The summed E-state index contributed by atoms with van der Waals surface area (Å²) < 4.78 is 2.14. The van der Waals surface area contributed by atoms with E-state index in [0.29, 0.717) is 30.3 Å². The number of aromatic nitrogens is 2. The molecule has 1 aliphatic carbocycles. The van der Waals surface area contributed by atoms with Gasteiger partial charge in [0.25, 0.3) is 0 Å². The molecule has 4 atom stereocenters. The Balaban J connectivity index is 1.33. The van der Waals surface area contributed by atoms with E-state index in [1.165, 1.54) is 49.9 Å². The minimum Gasteiger partial charge on any atom is -0.481 e. The van der Waals surface area contributed by atoms with Crippen molar-refractivity contribution < 1.29 is 14.7 Å². The van der Waals surface area contributed by atoms with Crippen LogP contribution in [0.3, 0.4) is 0 Å². The fourth-order valence-corrected chi connectivity index (χ4v) is 6.34. The fraction of sp³-hybridized carbons (Fsp3) is 0.800. The largest absolute Gasteiger partial charge is 0.481 e. The lowest BCUT2D eigenvalue weighted by Gasteiger charge is -2.50. The van der Waals surface area contributed by atoms with Gasteiger partial charge in [-0.15, -0.1) is 0 Å². The van der Waals surface area contributed by atoms with Gasteiger partial charge < -0.3 is 10.4 Å². The highest BCUT2D eigenvalue weighted by Crippen LogP contribution is 2.43. The lowest BCUT2D eigenvalue weighted by atomic mass is 9.74. The molecule has 1 saturated carbocycles. The van der Waals surface area contributed by atoms with Gasteiger partial charge in [-0.1, -0.05) is 33.1 Å². The number of hydrogen-bond acceptors (Lipinski definition) is 4. The summed E-state index contributed by atoms with van der Waals surface area (Å²) in [6, 6.07) is 2.77. The molecular weight excluding hydrogens is 404 g/mol. The predicted octanol–water partition coefficient (Wildman–Crippen LogP) is 3.65. The second-order valence-corrected chi connectivity index (χ2v) is 11.2. The molecule has 2 N–H and O–H groups in total. The summed E-state index contributed by atoms with van der Waals surface area (Å²) in [6.07, 6.45) is 9.16. The van der Waals surface area contributed by atoms with Crippen LogP contribution in [0.1, 0.15) is 94.9 Å². The lowest BCUT2D eigenvalue weighted by Crippen LogP contribution is -2.56. The van der Waals surface area contributed by atoms with Crippen LogP contribution in [-0.2, 0) is 16.6 Å². The Bertz CT molecular complexity index is 827. The highest BCUT2D eigenvalue weighted by molar-refractivity contribution is 5.77. The van der Waals surface area contributed by atoms with Gasteiger partial charge in [-0.25, -0.2) is 0 Å². The number of nitrogens with zero attached hydrogens (tertiary/aromatic N) is 3. The first kappa shape index (κ1) is 23.3. The van der Waals surface area contributed by atoms with Gasteiger partial charge in [0.05, 0.1) is 12.1 Å². The highest BCUT2D eigenvalue weighted by Gasteiger charge is 2.42. The van der Waals surface area contributed by atoms with E-state index in [1.54, 1.807) is 0 Å². The molecule has 7 nitrogen and oxygen atoms in total.